The number of hydrogen-bond donors (Lipinski definition) is 1. The number of aliphatic carboxylic acids is 1. The smallest absolute Gasteiger partial charge is 0.337 e. The normalized spacial score (nSPS) is 15.5. The zero-order chi connectivity index (χ0) is 37.2. The van der Waals surface area contributed by atoms with Crippen LogP contribution < -0.4 is 4.74 Å². The van der Waals surface area contributed by atoms with Gasteiger partial charge < -0.3 is 24.0 Å². The van der Waals surface area contributed by atoms with E-state index in [1.54, 1.807) is 62.4 Å². The summed E-state index contributed by atoms with van der Waals surface area (Å²) in [5.41, 5.74) is 4.75. The minimum Gasteiger partial charge on any atom is -0.490 e. The monoisotopic (exact) mass is 719 g/mol. The van der Waals surface area contributed by atoms with Gasteiger partial charge in [0.15, 0.2) is 27.5 Å². The van der Waals surface area contributed by atoms with E-state index < -0.39 is 33.3 Å². The molecule has 0 unspecified atom stereocenters. The number of carboxylic acids is 1. The molecule has 51 heavy (non-hydrogen) atoms. The van der Waals surface area contributed by atoms with Crippen LogP contribution in [-0.2, 0) is 45.8 Å². The Balaban J connectivity index is 1.51. The number of amides is 1. The Morgan fingerprint density at radius 1 is 1.10 bits per heavy atom. The number of halogens is 1. The molecule has 2 aliphatic rings. The molecule has 0 aliphatic carbocycles. The Labute approximate surface area is 298 Å². The topological polar surface area (TPSA) is 128 Å². The van der Waals surface area contributed by atoms with E-state index in [2.05, 4.69) is 0 Å². The van der Waals surface area contributed by atoms with Crippen LogP contribution >= 0.6 is 0 Å². The molecule has 0 saturated heterocycles. The molecule has 0 bridgehead atoms. The van der Waals surface area contributed by atoms with Crippen LogP contribution in [0.4, 0.5) is 4.39 Å². The van der Waals surface area contributed by atoms with Gasteiger partial charge in [0.25, 0.3) is 5.91 Å². The molecular weight excluding hydrogens is 674 g/mol. The maximum Gasteiger partial charge on any atom is 0.337 e. The van der Waals surface area contributed by atoms with Gasteiger partial charge in [-0.15, -0.1) is 0 Å². The first-order valence-electron chi connectivity index (χ1n) is 17.4. The number of rotatable bonds is 8. The van der Waals surface area contributed by atoms with E-state index >= 15 is 4.39 Å². The summed E-state index contributed by atoms with van der Waals surface area (Å²) < 4.78 is 55.4. The molecule has 0 radical (unpaired) electrons. The summed E-state index contributed by atoms with van der Waals surface area (Å²) in [6.45, 7) is 13.7. The van der Waals surface area contributed by atoms with Crippen LogP contribution in [0.1, 0.15) is 91.1 Å². The summed E-state index contributed by atoms with van der Waals surface area (Å²) in [6.07, 6.45) is 0.436. The van der Waals surface area contributed by atoms with Crippen LogP contribution in [0, 0.1) is 25.6 Å². The van der Waals surface area contributed by atoms with Gasteiger partial charge in [0.2, 0.25) is 0 Å². The average molecular weight is 720 g/mol. The number of nitrogens with zero attached hydrogens (tertiary/aromatic N) is 3. The molecule has 12 heteroatoms. The lowest BCUT2D eigenvalue weighted by Crippen LogP contribution is -2.37. The number of carboxylic acid groups (broad SMARTS) is 1. The summed E-state index contributed by atoms with van der Waals surface area (Å²) >= 11 is 0. The summed E-state index contributed by atoms with van der Waals surface area (Å²) in [6, 6.07) is 8.25. The van der Waals surface area contributed by atoms with Gasteiger partial charge in [-0.05, 0) is 106 Å². The molecule has 2 aliphatic heterocycles. The van der Waals surface area contributed by atoms with Crippen molar-refractivity contribution in [2.24, 2.45) is 13.0 Å². The Morgan fingerprint density at radius 2 is 1.82 bits per heavy atom. The molecule has 10 nitrogen and oxygen atoms in total. The third kappa shape index (κ3) is 6.87. The van der Waals surface area contributed by atoms with E-state index in [4.69, 9.17) is 14.5 Å². The predicted molar refractivity (Wildman–Crippen MR) is 192 cm³/mol. The largest absolute Gasteiger partial charge is 0.490 e. The van der Waals surface area contributed by atoms with Crippen molar-refractivity contribution >= 4 is 32.7 Å². The highest BCUT2D eigenvalue weighted by atomic mass is 32.2. The number of hydrogen-bond acceptors (Lipinski definition) is 7. The Bertz CT molecular complexity index is 2180. The number of aromatic nitrogens is 2. The van der Waals surface area contributed by atoms with Crippen molar-refractivity contribution in [3.05, 3.63) is 75.4 Å². The molecule has 2 aromatic carbocycles. The van der Waals surface area contributed by atoms with Gasteiger partial charge in [0, 0.05) is 47.9 Å². The summed E-state index contributed by atoms with van der Waals surface area (Å²) in [7, 11) is -1.76. The van der Waals surface area contributed by atoms with E-state index in [9.17, 15) is 23.1 Å². The van der Waals surface area contributed by atoms with Crippen LogP contribution in [0.2, 0.25) is 0 Å². The molecule has 2 aromatic heterocycles. The second-order valence-corrected chi connectivity index (χ2v) is 17.2. The zero-order valence-electron chi connectivity index (χ0n) is 30.5. The van der Waals surface area contributed by atoms with Crippen molar-refractivity contribution in [1.29, 1.82) is 0 Å². The predicted octanol–water partition coefficient (Wildman–Crippen LogP) is 6.89. The number of fused-ring (bicyclic) bond motifs is 3. The third-order valence-corrected chi connectivity index (χ3v) is 11.8. The van der Waals surface area contributed by atoms with Crippen LogP contribution in [0.25, 0.3) is 22.2 Å². The second kappa shape index (κ2) is 13.4. The van der Waals surface area contributed by atoms with E-state index in [1.807, 2.05) is 26.8 Å². The first-order valence-corrected chi connectivity index (χ1v) is 19.0. The van der Waals surface area contributed by atoms with Crippen molar-refractivity contribution < 1.29 is 37.0 Å². The van der Waals surface area contributed by atoms with Gasteiger partial charge in [0.05, 0.1) is 22.9 Å². The summed E-state index contributed by atoms with van der Waals surface area (Å²) in [4.78, 5) is 34.0. The molecule has 0 spiro atoms. The van der Waals surface area contributed by atoms with E-state index in [1.165, 1.54) is 6.07 Å². The number of ether oxygens (including phenoxy) is 2. The average Bonchev–Trinajstić information content (AvgIpc) is 3.38. The molecule has 4 aromatic rings. The van der Waals surface area contributed by atoms with Gasteiger partial charge in [-0.1, -0.05) is 19.9 Å². The number of benzene rings is 2. The molecular formula is C39H46FN3O7S. The number of aryl methyl sites for hydroxylation is 2. The maximum absolute atomic E-state index is 15.8. The van der Waals surface area contributed by atoms with Gasteiger partial charge >= 0.3 is 5.97 Å². The van der Waals surface area contributed by atoms with Crippen LogP contribution in [0.15, 0.2) is 35.2 Å². The maximum atomic E-state index is 15.8. The number of sulfone groups is 1. The first-order chi connectivity index (χ1) is 23.9. The van der Waals surface area contributed by atoms with Crippen LogP contribution in [0.5, 0.6) is 5.75 Å². The van der Waals surface area contributed by atoms with Crippen molar-refractivity contribution in [2.45, 2.75) is 90.9 Å². The van der Waals surface area contributed by atoms with Gasteiger partial charge in [-0.25, -0.2) is 22.6 Å². The summed E-state index contributed by atoms with van der Waals surface area (Å²) in [5, 5.41) is 11.0. The molecule has 0 fully saturated rings. The van der Waals surface area contributed by atoms with Gasteiger partial charge in [-0.2, -0.15) is 0 Å². The third-order valence-electron chi connectivity index (χ3n) is 9.67. The van der Waals surface area contributed by atoms with Crippen molar-refractivity contribution in [3.8, 4) is 16.9 Å². The van der Waals surface area contributed by atoms with Crippen LogP contribution in [-0.4, -0.2) is 64.4 Å². The highest BCUT2D eigenvalue weighted by Crippen LogP contribution is 2.45. The zero-order valence-corrected chi connectivity index (χ0v) is 31.3. The Kier molecular flexibility index (Phi) is 9.56. The fourth-order valence-corrected chi connectivity index (χ4v) is 9.04. The van der Waals surface area contributed by atoms with Crippen LogP contribution in [0.3, 0.4) is 0 Å². The fraction of sp³-hybridized carbons (Fsp3) is 0.462. The van der Waals surface area contributed by atoms with Gasteiger partial charge in [0.1, 0.15) is 11.3 Å². The van der Waals surface area contributed by atoms with Crippen molar-refractivity contribution in [1.82, 2.24) is 14.5 Å². The van der Waals surface area contributed by atoms with E-state index in [-0.39, 0.29) is 40.3 Å². The lowest BCUT2D eigenvalue weighted by Gasteiger charge is -2.29. The van der Waals surface area contributed by atoms with E-state index in [0.717, 1.165) is 22.3 Å². The quantitative estimate of drug-likeness (QED) is 0.209. The van der Waals surface area contributed by atoms with Gasteiger partial charge in [-0.3, -0.25) is 4.79 Å². The van der Waals surface area contributed by atoms with Crippen molar-refractivity contribution in [2.75, 3.05) is 18.9 Å². The standard InChI is InChI=1S/C39H46FN3O7S/c1-21(2)20-51(47,48)26-12-11-24-13-14-43(19-25(24)16-26)37(44)31-18-29-33(28-17-30(40)34-27(22(28)3)10-9-15-49-34)32(23(4)41-36(29)42(31)8)35(38(45)46)50-39(5,6)7/h11-12,16-18,21,35H,9-10,13-15,19-20H2,1-8H3,(H,45,46)/t35-/m0/s1. The molecule has 272 valence electrons. The fourth-order valence-electron chi connectivity index (χ4n) is 7.37. The minimum absolute atomic E-state index is 0.0287. The number of carbonyl (C=O) groups excluding carboxylic acids is 1. The van der Waals surface area contributed by atoms with Crippen molar-refractivity contribution in [3.63, 3.8) is 0 Å². The molecule has 0 saturated carbocycles. The van der Waals surface area contributed by atoms with E-state index in [0.29, 0.717) is 66.0 Å². The molecule has 1 amide bonds. The molecule has 1 N–H and O–H groups in total. The SMILES string of the molecule is Cc1nc2c(cc(C(=O)N3CCc4ccc(S(=O)(=O)CC(C)C)cc4C3)n2C)c(-c2cc(F)c3c(c2C)CCCO3)c1[C@H](OC(C)(C)C)C(=O)O. The Morgan fingerprint density at radius 3 is 2.49 bits per heavy atom. The lowest BCUT2D eigenvalue weighted by atomic mass is 9.86. The second-order valence-electron chi connectivity index (χ2n) is 15.1. The molecule has 1 atom stereocenters. The minimum atomic E-state index is -3.49. The summed E-state index contributed by atoms with van der Waals surface area (Å²) in [5.74, 6) is -1.84. The highest BCUT2D eigenvalue weighted by molar-refractivity contribution is 7.91. The number of carbonyl (C=O) groups is 2. The molecule has 4 heterocycles. The molecule has 6 rings (SSSR count). The first kappa shape index (κ1) is 36.5. The lowest BCUT2D eigenvalue weighted by molar-refractivity contribution is -0.160. The number of pyridine rings is 1. The highest BCUT2D eigenvalue weighted by Gasteiger charge is 2.35. The Hall–Kier alpha value is -4.29.